The predicted octanol–water partition coefficient (Wildman–Crippen LogP) is 3.60. The zero-order chi connectivity index (χ0) is 20.8. The number of aromatic nitrogens is 4. The third-order valence-electron chi connectivity index (χ3n) is 4.39. The molecule has 0 aliphatic rings. The normalized spacial score (nSPS) is 10.4. The molecule has 0 bridgehead atoms. The summed E-state index contributed by atoms with van der Waals surface area (Å²) >= 11 is 0. The van der Waals surface area contributed by atoms with E-state index in [1.54, 1.807) is 24.2 Å². The number of anilines is 3. The first-order valence-corrected chi connectivity index (χ1v) is 9.30. The monoisotopic (exact) mass is 400 g/mol. The fourth-order valence-corrected chi connectivity index (χ4v) is 2.87. The van der Waals surface area contributed by atoms with Crippen LogP contribution < -0.4 is 15.4 Å². The van der Waals surface area contributed by atoms with Gasteiger partial charge in [0, 0.05) is 29.8 Å². The fourth-order valence-electron chi connectivity index (χ4n) is 2.87. The molecule has 0 radical (unpaired) electrons. The molecule has 0 saturated carbocycles. The number of carbonyl (C=O) groups excluding carboxylic acids is 1. The van der Waals surface area contributed by atoms with Crippen LogP contribution in [0.2, 0.25) is 0 Å². The Morgan fingerprint density at radius 3 is 2.50 bits per heavy atom. The minimum Gasteiger partial charge on any atom is -0.497 e. The maximum absolute atomic E-state index is 12.3. The molecule has 2 N–H and O–H groups in total. The van der Waals surface area contributed by atoms with Gasteiger partial charge < -0.3 is 15.4 Å². The van der Waals surface area contributed by atoms with Crippen LogP contribution in [0.15, 0.2) is 79.6 Å². The lowest BCUT2D eigenvalue weighted by molar-refractivity contribution is -0.115. The first kappa shape index (κ1) is 19.1. The summed E-state index contributed by atoms with van der Waals surface area (Å²) in [6, 6.07) is 16.7. The predicted molar refractivity (Wildman–Crippen MR) is 114 cm³/mol. The molecule has 30 heavy (non-hydrogen) atoms. The topological polar surface area (TPSA) is 94.0 Å². The van der Waals surface area contributed by atoms with E-state index >= 15 is 0 Å². The quantitative estimate of drug-likeness (QED) is 0.492. The van der Waals surface area contributed by atoms with Crippen molar-refractivity contribution in [3.63, 3.8) is 0 Å². The van der Waals surface area contributed by atoms with Gasteiger partial charge in [0.15, 0.2) is 0 Å². The van der Waals surface area contributed by atoms with Gasteiger partial charge in [-0.15, -0.1) is 0 Å². The molecule has 0 spiro atoms. The van der Waals surface area contributed by atoms with Crippen molar-refractivity contribution in [2.24, 2.45) is 0 Å². The summed E-state index contributed by atoms with van der Waals surface area (Å²) in [5.74, 6) is 2.06. The molecule has 2 aromatic carbocycles. The Labute approximate surface area is 173 Å². The van der Waals surface area contributed by atoms with Gasteiger partial charge in [-0.3, -0.25) is 9.36 Å². The van der Waals surface area contributed by atoms with Gasteiger partial charge >= 0.3 is 0 Å². The molecule has 150 valence electrons. The smallest absolute Gasteiger partial charge is 0.228 e. The van der Waals surface area contributed by atoms with Crippen molar-refractivity contribution < 1.29 is 9.53 Å². The van der Waals surface area contributed by atoms with Crippen LogP contribution >= 0.6 is 0 Å². The van der Waals surface area contributed by atoms with Gasteiger partial charge in [0.1, 0.15) is 30.0 Å². The molecule has 2 aromatic heterocycles. The Kier molecular flexibility index (Phi) is 5.66. The maximum Gasteiger partial charge on any atom is 0.228 e. The standard InChI is InChI=1S/C22H20N6O2/c1-30-19-8-2-16(3-9-19)12-22(29)27-18-6-4-17(5-7-18)26-20-13-21(25-14-24-20)28-11-10-23-15-28/h2-11,13-15H,12H2,1H3,(H,27,29)(H,24,25,26). The molecule has 8 heteroatoms. The van der Waals surface area contributed by atoms with E-state index in [1.165, 1.54) is 6.33 Å². The van der Waals surface area contributed by atoms with Crippen molar-refractivity contribution in [2.45, 2.75) is 6.42 Å². The molecular formula is C22H20N6O2. The molecule has 4 aromatic rings. The Hall–Kier alpha value is -4.20. The maximum atomic E-state index is 12.3. The van der Waals surface area contributed by atoms with Gasteiger partial charge in [-0.2, -0.15) is 0 Å². The molecular weight excluding hydrogens is 380 g/mol. The number of benzene rings is 2. The summed E-state index contributed by atoms with van der Waals surface area (Å²) in [6.45, 7) is 0. The van der Waals surface area contributed by atoms with Crippen LogP contribution in [-0.2, 0) is 11.2 Å². The van der Waals surface area contributed by atoms with Crippen molar-refractivity contribution in [1.82, 2.24) is 19.5 Å². The highest BCUT2D eigenvalue weighted by molar-refractivity contribution is 5.92. The van der Waals surface area contributed by atoms with Gasteiger partial charge in [-0.1, -0.05) is 12.1 Å². The minimum atomic E-state index is -0.0818. The molecule has 0 unspecified atom stereocenters. The highest BCUT2D eigenvalue weighted by Crippen LogP contribution is 2.19. The highest BCUT2D eigenvalue weighted by atomic mass is 16.5. The van der Waals surface area contributed by atoms with Crippen molar-refractivity contribution in [3.8, 4) is 11.6 Å². The molecule has 8 nitrogen and oxygen atoms in total. The van der Waals surface area contributed by atoms with E-state index in [-0.39, 0.29) is 5.91 Å². The number of methoxy groups -OCH3 is 1. The zero-order valence-electron chi connectivity index (χ0n) is 16.3. The number of hydrogen-bond acceptors (Lipinski definition) is 6. The largest absolute Gasteiger partial charge is 0.497 e. The Morgan fingerprint density at radius 2 is 1.80 bits per heavy atom. The van der Waals surface area contributed by atoms with Crippen molar-refractivity contribution in [2.75, 3.05) is 17.7 Å². The van der Waals surface area contributed by atoms with Crippen LogP contribution in [0.1, 0.15) is 5.56 Å². The van der Waals surface area contributed by atoms with E-state index in [4.69, 9.17) is 4.74 Å². The van der Waals surface area contributed by atoms with Crippen LogP contribution in [0, 0.1) is 0 Å². The summed E-state index contributed by atoms with van der Waals surface area (Å²) in [4.78, 5) is 24.8. The zero-order valence-corrected chi connectivity index (χ0v) is 16.3. The molecule has 0 aliphatic carbocycles. The number of rotatable bonds is 7. The average Bonchev–Trinajstić information content (AvgIpc) is 3.31. The molecule has 2 heterocycles. The second-order valence-corrected chi connectivity index (χ2v) is 6.51. The number of carbonyl (C=O) groups is 1. The number of ether oxygens (including phenoxy) is 1. The second kappa shape index (κ2) is 8.87. The van der Waals surface area contributed by atoms with Crippen molar-refractivity contribution >= 4 is 23.1 Å². The summed E-state index contributed by atoms with van der Waals surface area (Å²) in [5, 5.41) is 6.13. The van der Waals surface area contributed by atoms with E-state index in [0.29, 0.717) is 18.1 Å². The second-order valence-electron chi connectivity index (χ2n) is 6.51. The molecule has 1 amide bonds. The third kappa shape index (κ3) is 4.79. The third-order valence-corrected chi connectivity index (χ3v) is 4.39. The SMILES string of the molecule is COc1ccc(CC(=O)Nc2ccc(Nc3cc(-n4ccnc4)ncn3)cc2)cc1. The van der Waals surface area contributed by atoms with Gasteiger partial charge in [-0.05, 0) is 42.0 Å². The lowest BCUT2D eigenvalue weighted by atomic mass is 10.1. The van der Waals surface area contributed by atoms with E-state index < -0.39 is 0 Å². The van der Waals surface area contributed by atoms with Crippen LogP contribution in [-0.4, -0.2) is 32.5 Å². The number of amides is 1. The van der Waals surface area contributed by atoms with Crippen LogP contribution in [0.5, 0.6) is 5.75 Å². The molecule has 0 fully saturated rings. The molecule has 0 saturated heterocycles. The van der Waals surface area contributed by atoms with E-state index in [0.717, 1.165) is 22.7 Å². The lowest BCUT2D eigenvalue weighted by Crippen LogP contribution is -2.14. The van der Waals surface area contributed by atoms with Gasteiger partial charge in [0.2, 0.25) is 5.91 Å². The van der Waals surface area contributed by atoms with E-state index in [1.807, 2.05) is 60.8 Å². The first-order chi connectivity index (χ1) is 14.7. The minimum absolute atomic E-state index is 0.0818. The van der Waals surface area contributed by atoms with Crippen molar-refractivity contribution in [1.29, 1.82) is 0 Å². The highest BCUT2D eigenvalue weighted by Gasteiger charge is 2.06. The first-order valence-electron chi connectivity index (χ1n) is 9.30. The van der Waals surface area contributed by atoms with Crippen molar-refractivity contribution in [3.05, 3.63) is 85.2 Å². The van der Waals surface area contributed by atoms with Crippen LogP contribution in [0.4, 0.5) is 17.2 Å². The number of imidazole rings is 1. The van der Waals surface area contributed by atoms with E-state index in [2.05, 4.69) is 25.6 Å². The van der Waals surface area contributed by atoms with Gasteiger partial charge in [0.25, 0.3) is 0 Å². The summed E-state index contributed by atoms with van der Waals surface area (Å²) in [7, 11) is 1.61. The summed E-state index contributed by atoms with van der Waals surface area (Å²) in [6.07, 6.45) is 6.97. The average molecular weight is 400 g/mol. The Bertz CT molecular complexity index is 1110. The van der Waals surface area contributed by atoms with Gasteiger partial charge in [-0.25, -0.2) is 15.0 Å². The molecule has 4 rings (SSSR count). The molecule has 0 aliphatic heterocycles. The van der Waals surface area contributed by atoms with Crippen LogP contribution in [0.25, 0.3) is 5.82 Å². The fraction of sp³-hybridized carbons (Fsp3) is 0.0909. The summed E-state index contributed by atoms with van der Waals surface area (Å²) in [5.41, 5.74) is 2.49. The summed E-state index contributed by atoms with van der Waals surface area (Å²) < 4.78 is 6.93. The van der Waals surface area contributed by atoms with E-state index in [9.17, 15) is 4.79 Å². The number of hydrogen-bond donors (Lipinski definition) is 2. The van der Waals surface area contributed by atoms with Gasteiger partial charge in [0.05, 0.1) is 13.5 Å². The van der Waals surface area contributed by atoms with Crippen LogP contribution in [0.3, 0.4) is 0 Å². The Morgan fingerprint density at radius 1 is 1.03 bits per heavy atom. The number of nitrogens with one attached hydrogen (secondary N) is 2. The molecule has 0 atom stereocenters. The lowest BCUT2D eigenvalue weighted by Gasteiger charge is -2.09. The Balaban J connectivity index is 1.36. The number of nitrogens with zero attached hydrogens (tertiary/aromatic N) is 4.